The Morgan fingerprint density at radius 2 is 1.68 bits per heavy atom. The van der Waals surface area contributed by atoms with Gasteiger partial charge in [-0.25, -0.2) is 0 Å². The lowest BCUT2D eigenvalue weighted by Gasteiger charge is -2.28. The van der Waals surface area contributed by atoms with Crippen LogP contribution in [0.15, 0.2) is 0 Å². The second-order valence-corrected chi connectivity index (χ2v) is 6.77. The van der Waals surface area contributed by atoms with Crippen LogP contribution >= 0.6 is 0 Å². The third-order valence-corrected chi connectivity index (χ3v) is 2.95. The molecule has 19 heavy (non-hydrogen) atoms. The largest absolute Gasteiger partial charge is 0.468 e. The maximum absolute atomic E-state index is 12.3. The molecule has 0 aromatic heterocycles. The summed E-state index contributed by atoms with van der Waals surface area (Å²) in [5.41, 5.74) is 0.213. The summed E-state index contributed by atoms with van der Waals surface area (Å²) < 4.78 is 4.63. The van der Waals surface area contributed by atoms with Crippen molar-refractivity contribution in [3.8, 4) is 0 Å². The Balaban J connectivity index is 4.53. The molecule has 0 fully saturated rings. The predicted octanol–water partition coefficient (Wildman–Crippen LogP) is 2.86. The maximum Gasteiger partial charge on any atom is 0.325 e. The minimum atomic E-state index is -0.370. The van der Waals surface area contributed by atoms with Crippen LogP contribution in [0.4, 0.5) is 0 Å². The topological polar surface area (TPSA) is 46.6 Å². The standard InChI is InChI=1S/C15H29NO3/c1-11(2)16(10-14(18)19-7)13(17)8-12(3)9-15(4,5)6/h11-12H,8-10H2,1-7H3. The summed E-state index contributed by atoms with van der Waals surface area (Å²) in [4.78, 5) is 25.2. The first-order valence-corrected chi connectivity index (χ1v) is 6.93. The van der Waals surface area contributed by atoms with Crippen molar-refractivity contribution in [1.82, 2.24) is 4.90 Å². The molecule has 0 rings (SSSR count). The highest BCUT2D eigenvalue weighted by molar-refractivity contribution is 5.82. The molecule has 0 aromatic rings. The van der Waals surface area contributed by atoms with Crippen LogP contribution in [0.1, 0.15) is 54.4 Å². The molecule has 0 heterocycles. The van der Waals surface area contributed by atoms with E-state index in [1.54, 1.807) is 4.90 Å². The van der Waals surface area contributed by atoms with Gasteiger partial charge in [0.15, 0.2) is 0 Å². The molecular weight excluding hydrogens is 242 g/mol. The van der Waals surface area contributed by atoms with Crippen molar-refractivity contribution in [3.05, 3.63) is 0 Å². The minimum Gasteiger partial charge on any atom is -0.468 e. The van der Waals surface area contributed by atoms with Gasteiger partial charge in [-0.2, -0.15) is 0 Å². The Morgan fingerprint density at radius 1 is 1.16 bits per heavy atom. The SMILES string of the molecule is COC(=O)CN(C(=O)CC(C)CC(C)(C)C)C(C)C. The van der Waals surface area contributed by atoms with Gasteiger partial charge in [0.1, 0.15) is 6.54 Å². The highest BCUT2D eigenvalue weighted by Gasteiger charge is 2.24. The average Bonchev–Trinajstić information content (AvgIpc) is 2.21. The van der Waals surface area contributed by atoms with E-state index < -0.39 is 0 Å². The third-order valence-electron chi connectivity index (χ3n) is 2.95. The molecule has 0 aliphatic rings. The van der Waals surface area contributed by atoms with Crippen LogP contribution in [-0.2, 0) is 14.3 Å². The molecule has 4 nitrogen and oxygen atoms in total. The van der Waals surface area contributed by atoms with Gasteiger partial charge in [0.05, 0.1) is 7.11 Å². The molecule has 0 radical (unpaired) electrons. The van der Waals surface area contributed by atoms with Crippen LogP contribution in [0.2, 0.25) is 0 Å². The summed E-state index contributed by atoms with van der Waals surface area (Å²) in [6, 6.07) is 0.00781. The molecule has 1 amide bonds. The Morgan fingerprint density at radius 3 is 2.05 bits per heavy atom. The van der Waals surface area contributed by atoms with Crippen molar-refractivity contribution >= 4 is 11.9 Å². The number of methoxy groups -OCH3 is 1. The summed E-state index contributed by atoms with van der Waals surface area (Å²) in [5.74, 6) is -0.0333. The monoisotopic (exact) mass is 271 g/mol. The average molecular weight is 271 g/mol. The second-order valence-electron chi connectivity index (χ2n) is 6.77. The van der Waals surface area contributed by atoms with Gasteiger partial charge in [0, 0.05) is 12.5 Å². The lowest BCUT2D eigenvalue weighted by atomic mass is 9.84. The van der Waals surface area contributed by atoms with Gasteiger partial charge in [0.2, 0.25) is 5.91 Å². The van der Waals surface area contributed by atoms with E-state index in [2.05, 4.69) is 32.4 Å². The Hall–Kier alpha value is -1.06. The Kier molecular flexibility index (Phi) is 7.09. The molecule has 0 aliphatic carbocycles. The van der Waals surface area contributed by atoms with Gasteiger partial charge in [-0.05, 0) is 31.6 Å². The molecule has 0 saturated carbocycles. The zero-order valence-corrected chi connectivity index (χ0v) is 13.4. The van der Waals surface area contributed by atoms with E-state index in [0.717, 1.165) is 6.42 Å². The maximum atomic E-state index is 12.3. The molecule has 4 heteroatoms. The summed E-state index contributed by atoms with van der Waals surface area (Å²) >= 11 is 0. The van der Waals surface area contributed by atoms with Crippen molar-refractivity contribution in [3.63, 3.8) is 0 Å². The van der Waals surface area contributed by atoms with Crippen LogP contribution in [-0.4, -0.2) is 36.5 Å². The fraction of sp³-hybridized carbons (Fsp3) is 0.867. The van der Waals surface area contributed by atoms with Gasteiger partial charge in [-0.15, -0.1) is 0 Å². The quantitative estimate of drug-likeness (QED) is 0.698. The van der Waals surface area contributed by atoms with Crippen LogP contribution < -0.4 is 0 Å². The summed E-state index contributed by atoms with van der Waals surface area (Å²) in [7, 11) is 1.34. The van der Waals surface area contributed by atoms with Gasteiger partial charge in [-0.1, -0.05) is 27.7 Å². The van der Waals surface area contributed by atoms with Crippen LogP contribution in [0.25, 0.3) is 0 Å². The fourth-order valence-corrected chi connectivity index (χ4v) is 2.30. The lowest BCUT2D eigenvalue weighted by molar-refractivity contribution is -0.148. The summed E-state index contributed by atoms with van der Waals surface area (Å²) in [5, 5.41) is 0. The smallest absolute Gasteiger partial charge is 0.325 e. The number of hydrogen-bond acceptors (Lipinski definition) is 3. The van der Waals surface area contributed by atoms with Gasteiger partial charge >= 0.3 is 5.97 Å². The first-order chi connectivity index (χ1) is 8.56. The first kappa shape index (κ1) is 17.9. The van der Waals surface area contributed by atoms with E-state index in [1.165, 1.54) is 7.11 Å². The van der Waals surface area contributed by atoms with Crippen molar-refractivity contribution in [2.24, 2.45) is 11.3 Å². The Bertz CT molecular complexity index is 305. The molecule has 112 valence electrons. The van der Waals surface area contributed by atoms with Crippen LogP contribution in [0.3, 0.4) is 0 Å². The number of hydrogen-bond donors (Lipinski definition) is 0. The number of nitrogens with zero attached hydrogens (tertiary/aromatic N) is 1. The highest BCUT2D eigenvalue weighted by atomic mass is 16.5. The van der Waals surface area contributed by atoms with Gasteiger partial charge in [-0.3, -0.25) is 9.59 Å². The summed E-state index contributed by atoms with van der Waals surface area (Å²) in [6.07, 6.45) is 1.47. The molecule has 0 saturated heterocycles. The normalized spacial score (nSPS) is 13.3. The van der Waals surface area contributed by atoms with Crippen LogP contribution in [0, 0.1) is 11.3 Å². The Labute approximate surface area is 117 Å². The molecule has 1 atom stereocenters. The second kappa shape index (κ2) is 7.51. The highest BCUT2D eigenvalue weighted by Crippen LogP contribution is 2.26. The van der Waals surface area contributed by atoms with Crippen molar-refractivity contribution < 1.29 is 14.3 Å². The lowest BCUT2D eigenvalue weighted by Crippen LogP contribution is -2.41. The molecule has 1 unspecified atom stereocenters. The zero-order chi connectivity index (χ0) is 15.2. The number of amides is 1. The molecule has 0 aromatic carbocycles. The molecule has 0 aliphatic heterocycles. The van der Waals surface area contributed by atoms with E-state index >= 15 is 0 Å². The van der Waals surface area contributed by atoms with Gasteiger partial charge in [0.25, 0.3) is 0 Å². The number of esters is 1. The van der Waals surface area contributed by atoms with E-state index in [-0.39, 0.29) is 29.9 Å². The summed E-state index contributed by atoms with van der Waals surface area (Å²) in [6.45, 7) is 12.5. The molecule has 0 bridgehead atoms. The van der Waals surface area contributed by atoms with Crippen molar-refractivity contribution in [1.29, 1.82) is 0 Å². The van der Waals surface area contributed by atoms with E-state index in [9.17, 15) is 9.59 Å². The van der Waals surface area contributed by atoms with Crippen LogP contribution in [0.5, 0.6) is 0 Å². The van der Waals surface area contributed by atoms with E-state index in [4.69, 9.17) is 0 Å². The first-order valence-electron chi connectivity index (χ1n) is 6.93. The van der Waals surface area contributed by atoms with E-state index in [0.29, 0.717) is 12.3 Å². The number of carbonyl (C=O) groups excluding carboxylic acids is 2. The predicted molar refractivity (Wildman–Crippen MR) is 76.7 cm³/mol. The van der Waals surface area contributed by atoms with E-state index in [1.807, 2.05) is 13.8 Å². The minimum absolute atomic E-state index is 0.00781. The number of ether oxygens (including phenoxy) is 1. The number of rotatable bonds is 6. The van der Waals surface area contributed by atoms with Crippen molar-refractivity contribution in [2.75, 3.05) is 13.7 Å². The fourth-order valence-electron chi connectivity index (χ4n) is 2.30. The zero-order valence-electron chi connectivity index (χ0n) is 13.4. The molecular formula is C15H29NO3. The number of carbonyl (C=O) groups is 2. The van der Waals surface area contributed by atoms with Crippen molar-refractivity contribution in [2.45, 2.75) is 60.4 Å². The van der Waals surface area contributed by atoms with Gasteiger partial charge < -0.3 is 9.64 Å². The molecule has 0 spiro atoms. The third kappa shape index (κ3) is 7.85. The molecule has 0 N–H and O–H groups in total.